The first-order valence-electron chi connectivity index (χ1n) is 5.80. The minimum Gasteiger partial charge on any atom is -0.478 e. The van der Waals surface area contributed by atoms with Crippen LogP contribution in [0.3, 0.4) is 0 Å². The Hall–Kier alpha value is -2.09. The molecule has 1 rings (SSSR count). The van der Waals surface area contributed by atoms with Gasteiger partial charge in [0.1, 0.15) is 0 Å². The molecule has 0 radical (unpaired) electrons. The van der Waals surface area contributed by atoms with Crippen molar-refractivity contribution < 1.29 is 9.90 Å². The number of rotatable bonds is 4. The zero-order valence-corrected chi connectivity index (χ0v) is 11.0. The van der Waals surface area contributed by atoms with Gasteiger partial charge in [-0.15, -0.1) is 0 Å². The van der Waals surface area contributed by atoms with Crippen molar-refractivity contribution in [3.05, 3.63) is 65.3 Å². The molecule has 94 valence electrons. The van der Waals surface area contributed by atoms with E-state index in [0.717, 1.165) is 16.7 Å². The van der Waals surface area contributed by atoms with Gasteiger partial charge in [0.05, 0.1) is 5.57 Å². The van der Waals surface area contributed by atoms with Crippen LogP contribution in [0.5, 0.6) is 0 Å². The van der Waals surface area contributed by atoms with Crippen molar-refractivity contribution in [2.24, 2.45) is 0 Å². The Balaban J connectivity index is 3.14. The molecule has 1 aromatic rings. The average molecular weight is 242 g/mol. The van der Waals surface area contributed by atoms with E-state index >= 15 is 0 Å². The third-order valence-corrected chi connectivity index (χ3v) is 2.80. The van der Waals surface area contributed by atoms with Gasteiger partial charge >= 0.3 is 5.97 Å². The number of aryl methyl sites for hydroxylation is 1. The average Bonchev–Trinajstić information content (AvgIpc) is 2.34. The lowest BCUT2D eigenvalue weighted by molar-refractivity contribution is -0.132. The fourth-order valence-electron chi connectivity index (χ4n) is 1.60. The van der Waals surface area contributed by atoms with E-state index in [1.807, 2.05) is 38.1 Å². The van der Waals surface area contributed by atoms with Crippen LogP contribution in [-0.2, 0) is 4.79 Å². The van der Waals surface area contributed by atoms with Gasteiger partial charge in [0, 0.05) is 0 Å². The first-order valence-corrected chi connectivity index (χ1v) is 5.80. The second-order valence-corrected chi connectivity index (χ2v) is 4.23. The molecule has 2 nitrogen and oxygen atoms in total. The van der Waals surface area contributed by atoms with E-state index in [1.165, 1.54) is 0 Å². The van der Waals surface area contributed by atoms with Crippen molar-refractivity contribution in [2.45, 2.75) is 20.8 Å². The quantitative estimate of drug-likeness (QED) is 0.640. The minimum absolute atomic E-state index is 0.281. The maximum atomic E-state index is 11.2. The summed E-state index contributed by atoms with van der Waals surface area (Å²) in [5.74, 6) is -0.931. The maximum absolute atomic E-state index is 11.2. The van der Waals surface area contributed by atoms with Crippen LogP contribution in [0, 0.1) is 6.92 Å². The summed E-state index contributed by atoms with van der Waals surface area (Å²) in [6, 6.07) is 7.85. The fourth-order valence-corrected chi connectivity index (χ4v) is 1.60. The summed E-state index contributed by atoms with van der Waals surface area (Å²) >= 11 is 0. The normalized spacial score (nSPS) is 12.4. The molecular formula is C16H18O2. The molecule has 0 unspecified atom stereocenters. The highest BCUT2D eigenvalue weighted by Crippen LogP contribution is 2.20. The molecule has 0 aliphatic rings. The summed E-state index contributed by atoms with van der Waals surface area (Å²) in [7, 11) is 0. The third kappa shape index (κ3) is 3.45. The number of hydrogen-bond acceptors (Lipinski definition) is 1. The van der Waals surface area contributed by atoms with Crippen LogP contribution < -0.4 is 0 Å². The molecule has 1 aromatic carbocycles. The summed E-state index contributed by atoms with van der Waals surface area (Å²) in [4.78, 5) is 11.2. The van der Waals surface area contributed by atoms with Gasteiger partial charge in [-0.2, -0.15) is 0 Å². The molecule has 0 aliphatic heterocycles. The number of carboxylic acids is 1. The monoisotopic (exact) mass is 242 g/mol. The van der Waals surface area contributed by atoms with Crippen molar-refractivity contribution in [1.82, 2.24) is 0 Å². The molecular weight excluding hydrogens is 224 g/mol. The molecule has 0 saturated carbocycles. The summed E-state index contributed by atoms with van der Waals surface area (Å²) in [6.07, 6.45) is 3.40. The Kier molecular flexibility index (Phi) is 4.67. The number of benzene rings is 1. The largest absolute Gasteiger partial charge is 0.478 e. The lowest BCUT2D eigenvalue weighted by atomic mass is 9.99. The van der Waals surface area contributed by atoms with Gasteiger partial charge in [-0.25, -0.2) is 4.79 Å². The Labute approximate surface area is 108 Å². The number of hydrogen-bond donors (Lipinski definition) is 1. The lowest BCUT2D eigenvalue weighted by Crippen LogP contribution is -2.02. The van der Waals surface area contributed by atoms with Crippen LogP contribution >= 0.6 is 0 Å². The van der Waals surface area contributed by atoms with Crippen LogP contribution in [0.1, 0.15) is 25.0 Å². The molecule has 0 atom stereocenters. The summed E-state index contributed by atoms with van der Waals surface area (Å²) in [6.45, 7) is 9.54. The first kappa shape index (κ1) is 14.0. The second kappa shape index (κ2) is 6.01. The predicted molar refractivity (Wildman–Crippen MR) is 75.4 cm³/mol. The second-order valence-electron chi connectivity index (χ2n) is 4.23. The molecule has 0 spiro atoms. The molecule has 0 amide bonds. The predicted octanol–water partition coefficient (Wildman–Crippen LogP) is 3.99. The Morgan fingerprint density at radius 1 is 1.39 bits per heavy atom. The van der Waals surface area contributed by atoms with Crippen LogP contribution in [0.4, 0.5) is 0 Å². The highest BCUT2D eigenvalue weighted by Gasteiger charge is 2.09. The van der Waals surface area contributed by atoms with E-state index in [0.29, 0.717) is 5.57 Å². The molecule has 0 heterocycles. The van der Waals surface area contributed by atoms with Crippen LogP contribution in [0.15, 0.2) is 54.1 Å². The van der Waals surface area contributed by atoms with Gasteiger partial charge in [0.2, 0.25) is 0 Å². The SMILES string of the molecule is C=C(/C=C(C(=O)O)\C(C)=C/C)c1cccc(C)c1. The van der Waals surface area contributed by atoms with Gasteiger partial charge in [0.25, 0.3) is 0 Å². The fraction of sp³-hybridized carbons (Fsp3) is 0.188. The number of carbonyl (C=O) groups is 1. The van der Waals surface area contributed by atoms with Gasteiger partial charge in [-0.3, -0.25) is 0 Å². The lowest BCUT2D eigenvalue weighted by Gasteiger charge is -2.06. The van der Waals surface area contributed by atoms with Crippen LogP contribution in [-0.4, -0.2) is 11.1 Å². The first-order chi connectivity index (χ1) is 8.45. The number of allylic oxidation sites excluding steroid dienone is 3. The van der Waals surface area contributed by atoms with Gasteiger partial charge < -0.3 is 5.11 Å². The summed E-state index contributed by atoms with van der Waals surface area (Å²) in [5, 5.41) is 9.17. The molecule has 0 fully saturated rings. The summed E-state index contributed by atoms with van der Waals surface area (Å²) < 4.78 is 0. The molecule has 18 heavy (non-hydrogen) atoms. The smallest absolute Gasteiger partial charge is 0.335 e. The maximum Gasteiger partial charge on any atom is 0.335 e. The highest BCUT2D eigenvalue weighted by molar-refractivity contribution is 5.95. The zero-order chi connectivity index (χ0) is 13.7. The molecule has 0 bridgehead atoms. The minimum atomic E-state index is -0.931. The molecule has 0 aliphatic carbocycles. The highest BCUT2D eigenvalue weighted by atomic mass is 16.4. The molecule has 2 heteroatoms. The van der Waals surface area contributed by atoms with Crippen molar-refractivity contribution >= 4 is 11.5 Å². The van der Waals surface area contributed by atoms with Crippen molar-refractivity contribution in [3.8, 4) is 0 Å². The van der Waals surface area contributed by atoms with E-state index in [2.05, 4.69) is 6.58 Å². The number of aliphatic carboxylic acids is 1. The molecule has 0 saturated heterocycles. The van der Waals surface area contributed by atoms with Gasteiger partial charge in [-0.1, -0.05) is 42.5 Å². The van der Waals surface area contributed by atoms with E-state index in [4.69, 9.17) is 0 Å². The third-order valence-electron chi connectivity index (χ3n) is 2.80. The van der Waals surface area contributed by atoms with Crippen molar-refractivity contribution in [3.63, 3.8) is 0 Å². The Morgan fingerprint density at radius 3 is 2.56 bits per heavy atom. The van der Waals surface area contributed by atoms with Gasteiger partial charge in [-0.05, 0) is 43.6 Å². The van der Waals surface area contributed by atoms with Crippen LogP contribution in [0.2, 0.25) is 0 Å². The van der Waals surface area contributed by atoms with Crippen molar-refractivity contribution in [2.75, 3.05) is 0 Å². The van der Waals surface area contributed by atoms with E-state index < -0.39 is 5.97 Å². The topological polar surface area (TPSA) is 37.3 Å². The van der Waals surface area contributed by atoms with Gasteiger partial charge in [0.15, 0.2) is 0 Å². The number of carboxylic acid groups (broad SMARTS) is 1. The standard InChI is InChI=1S/C16H18O2/c1-5-12(3)15(16(17)18)10-13(4)14-8-6-7-11(2)9-14/h5-10H,4H2,1-3H3,(H,17,18)/b12-5-,15-10+. The van der Waals surface area contributed by atoms with E-state index in [9.17, 15) is 9.90 Å². The van der Waals surface area contributed by atoms with E-state index in [-0.39, 0.29) is 5.57 Å². The Bertz CT molecular complexity index is 534. The van der Waals surface area contributed by atoms with Crippen LogP contribution in [0.25, 0.3) is 5.57 Å². The van der Waals surface area contributed by atoms with E-state index in [1.54, 1.807) is 19.1 Å². The summed E-state index contributed by atoms with van der Waals surface area (Å²) in [5.41, 5.74) is 3.79. The molecule has 1 N–H and O–H groups in total. The van der Waals surface area contributed by atoms with Crippen molar-refractivity contribution in [1.29, 1.82) is 0 Å². The zero-order valence-electron chi connectivity index (χ0n) is 11.0. The Morgan fingerprint density at radius 2 is 2.06 bits per heavy atom. The molecule has 0 aromatic heterocycles.